The molecule has 176 valence electrons. The number of aromatic nitrogens is 3. The largest absolute Gasteiger partial charge is 0.512 e. The van der Waals surface area contributed by atoms with E-state index in [9.17, 15) is 9.90 Å². The lowest BCUT2D eigenvalue weighted by atomic mass is 9.99. The van der Waals surface area contributed by atoms with Crippen LogP contribution < -0.4 is 10.1 Å². The summed E-state index contributed by atoms with van der Waals surface area (Å²) in [6.07, 6.45) is 7.53. The fourth-order valence-electron chi connectivity index (χ4n) is 4.08. The molecule has 8 heteroatoms. The van der Waals surface area contributed by atoms with Gasteiger partial charge in [0, 0.05) is 55.2 Å². The Morgan fingerprint density at radius 2 is 2.06 bits per heavy atom. The molecule has 0 spiro atoms. The van der Waals surface area contributed by atoms with Crippen LogP contribution in [-0.4, -0.2) is 51.1 Å². The molecule has 0 fully saturated rings. The number of carbonyl (C=O) groups is 1. The summed E-state index contributed by atoms with van der Waals surface area (Å²) in [5.41, 5.74) is 5.28. The first kappa shape index (κ1) is 23.4. The fraction of sp³-hybridized carbons (Fsp3) is 0.308. The van der Waals surface area contributed by atoms with Crippen molar-refractivity contribution in [1.29, 1.82) is 0 Å². The van der Waals surface area contributed by atoms with Gasteiger partial charge >= 0.3 is 0 Å². The summed E-state index contributed by atoms with van der Waals surface area (Å²) < 4.78 is 5.99. The molecule has 4 heterocycles. The number of aliphatic hydroxyl groups is 1. The molecule has 1 atom stereocenters. The van der Waals surface area contributed by atoms with Crippen molar-refractivity contribution < 1.29 is 14.6 Å². The summed E-state index contributed by atoms with van der Waals surface area (Å²) in [6.45, 7) is 4.88. The SMILES string of the molecule is CNC(/C(COc1cc2c(cn1)CN(C(=O)c1cccnc1)CC2)=C(/C)O)c1ccc(C)nc1. The molecule has 3 aromatic heterocycles. The van der Waals surface area contributed by atoms with Gasteiger partial charge in [-0.2, -0.15) is 0 Å². The van der Waals surface area contributed by atoms with E-state index in [4.69, 9.17) is 4.74 Å². The minimum atomic E-state index is -0.234. The molecular weight excluding hydrogens is 430 g/mol. The number of rotatable bonds is 7. The van der Waals surface area contributed by atoms with Crippen molar-refractivity contribution in [1.82, 2.24) is 25.2 Å². The Bertz CT molecular complexity index is 1170. The van der Waals surface area contributed by atoms with E-state index in [-0.39, 0.29) is 24.3 Å². The van der Waals surface area contributed by atoms with Crippen LogP contribution in [0.15, 0.2) is 66.5 Å². The molecule has 34 heavy (non-hydrogen) atoms. The Kier molecular flexibility index (Phi) is 7.18. The summed E-state index contributed by atoms with van der Waals surface area (Å²) >= 11 is 0. The third-order valence-corrected chi connectivity index (χ3v) is 6.01. The number of carbonyl (C=O) groups excluding carboxylic acids is 1. The number of likely N-dealkylation sites (N-methyl/N-ethyl adjacent to an activating group) is 1. The van der Waals surface area contributed by atoms with Crippen molar-refractivity contribution in [3.8, 4) is 5.88 Å². The first-order chi connectivity index (χ1) is 16.5. The molecule has 1 aliphatic heterocycles. The Labute approximate surface area is 199 Å². The Balaban J connectivity index is 1.44. The molecule has 8 nitrogen and oxygen atoms in total. The minimum Gasteiger partial charge on any atom is -0.512 e. The molecule has 1 unspecified atom stereocenters. The quantitative estimate of drug-likeness (QED) is 0.521. The number of fused-ring (bicyclic) bond motifs is 1. The summed E-state index contributed by atoms with van der Waals surface area (Å²) in [5.74, 6) is 0.653. The normalized spacial score (nSPS) is 14.7. The first-order valence-electron chi connectivity index (χ1n) is 11.2. The molecule has 0 aromatic carbocycles. The van der Waals surface area contributed by atoms with Gasteiger partial charge in [-0.1, -0.05) is 6.07 Å². The van der Waals surface area contributed by atoms with Crippen molar-refractivity contribution in [3.05, 3.63) is 94.4 Å². The second kappa shape index (κ2) is 10.4. The number of allylic oxidation sites excluding steroid dienone is 1. The fourth-order valence-corrected chi connectivity index (χ4v) is 4.08. The van der Waals surface area contributed by atoms with Gasteiger partial charge in [0.25, 0.3) is 5.91 Å². The minimum absolute atomic E-state index is 0.0315. The highest BCUT2D eigenvalue weighted by Gasteiger charge is 2.23. The van der Waals surface area contributed by atoms with E-state index in [1.807, 2.05) is 37.1 Å². The van der Waals surface area contributed by atoms with Crippen LogP contribution >= 0.6 is 0 Å². The zero-order valence-electron chi connectivity index (χ0n) is 19.7. The number of aliphatic hydroxyl groups excluding tert-OH is 1. The van der Waals surface area contributed by atoms with Crippen molar-refractivity contribution in [2.24, 2.45) is 0 Å². The average molecular weight is 460 g/mol. The van der Waals surface area contributed by atoms with Crippen LogP contribution in [0.4, 0.5) is 0 Å². The zero-order chi connectivity index (χ0) is 24.1. The molecule has 3 aromatic rings. The van der Waals surface area contributed by atoms with Crippen LogP contribution in [0.3, 0.4) is 0 Å². The number of hydrogen-bond donors (Lipinski definition) is 2. The first-order valence-corrected chi connectivity index (χ1v) is 11.2. The van der Waals surface area contributed by atoms with Gasteiger partial charge in [-0.25, -0.2) is 4.98 Å². The van der Waals surface area contributed by atoms with Gasteiger partial charge in [-0.15, -0.1) is 0 Å². The van der Waals surface area contributed by atoms with Gasteiger partial charge in [-0.3, -0.25) is 14.8 Å². The highest BCUT2D eigenvalue weighted by Crippen LogP contribution is 2.26. The van der Waals surface area contributed by atoms with Crippen molar-refractivity contribution in [2.45, 2.75) is 32.9 Å². The van der Waals surface area contributed by atoms with Gasteiger partial charge in [0.05, 0.1) is 17.4 Å². The Hall–Kier alpha value is -3.78. The van der Waals surface area contributed by atoms with Gasteiger partial charge in [0.15, 0.2) is 0 Å². The summed E-state index contributed by atoms with van der Waals surface area (Å²) in [6, 6.07) is 9.16. The molecule has 0 saturated carbocycles. The highest BCUT2D eigenvalue weighted by atomic mass is 16.5. The van der Waals surface area contributed by atoms with E-state index in [0.717, 1.165) is 28.8 Å². The molecule has 2 N–H and O–H groups in total. The van der Waals surface area contributed by atoms with Crippen LogP contribution in [0, 0.1) is 6.92 Å². The lowest BCUT2D eigenvalue weighted by molar-refractivity contribution is 0.0734. The van der Waals surface area contributed by atoms with Crippen LogP contribution in [-0.2, 0) is 13.0 Å². The summed E-state index contributed by atoms with van der Waals surface area (Å²) in [5, 5.41) is 13.6. The molecule has 0 radical (unpaired) electrons. The van der Waals surface area contributed by atoms with Crippen molar-refractivity contribution in [3.63, 3.8) is 0 Å². The maximum Gasteiger partial charge on any atom is 0.255 e. The average Bonchev–Trinajstić information content (AvgIpc) is 2.86. The Morgan fingerprint density at radius 3 is 2.74 bits per heavy atom. The maximum absolute atomic E-state index is 12.7. The predicted molar refractivity (Wildman–Crippen MR) is 129 cm³/mol. The lowest BCUT2D eigenvalue weighted by Gasteiger charge is -2.29. The lowest BCUT2D eigenvalue weighted by Crippen LogP contribution is -2.36. The van der Waals surface area contributed by atoms with Gasteiger partial charge in [-0.05, 0) is 62.2 Å². The second-order valence-corrected chi connectivity index (χ2v) is 8.36. The van der Waals surface area contributed by atoms with Gasteiger partial charge in [0.1, 0.15) is 6.61 Å². The van der Waals surface area contributed by atoms with Crippen molar-refractivity contribution >= 4 is 5.91 Å². The molecule has 0 saturated heterocycles. The van der Waals surface area contributed by atoms with E-state index < -0.39 is 0 Å². The maximum atomic E-state index is 12.7. The molecule has 0 aliphatic carbocycles. The number of nitrogens with one attached hydrogen (secondary N) is 1. The summed E-state index contributed by atoms with van der Waals surface area (Å²) in [4.78, 5) is 27.4. The number of amides is 1. The molecule has 1 aliphatic rings. The van der Waals surface area contributed by atoms with Gasteiger partial charge in [0.2, 0.25) is 5.88 Å². The number of aryl methyl sites for hydroxylation is 1. The predicted octanol–water partition coefficient (Wildman–Crippen LogP) is 3.55. The van der Waals surface area contributed by atoms with Crippen LogP contribution in [0.5, 0.6) is 5.88 Å². The van der Waals surface area contributed by atoms with E-state index in [1.165, 1.54) is 0 Å². The highest BCUT2D eigenvalue weighted by molar-refractivity contribution is 5.94. The third-order valence-electron chi connectivity index (χ3n) is 6.01. The van der Waals surface area contributed by atoms with E-state index >= 15 is 0 Å². The topological polar surface area (TPSA) is 100 Å². The van der Waals surface area contributed by atoms with Crippen LogP contribution in [0.2, 0.25) is 0 Å². The van der Waals surface area contributed by atoms with E-state index in [1.54, 1.807) is 43.8 Å². The second-order valence-electron chi connectivity index (χ2n) is 8.36. The third kappa shape index (κ3) is 5.23. The number of hydrogen-bond acceptors (Lipinski definition) is 7. The standard InChI is InChI=1S/C26H29N5O3/c1-17-6-7-20(13-29-17)25(27-3)23(18(2)32)16-34-24-11-19-8-10-31(15-22(19)14-30-24)26(33)21-5-4-9-28-12-21/h4-7,9,11-14,25,27,32H,8,10,15-16H2,1-3H3/b23-18-. The summed E-state index contributed by atoms with van der Waals surface area (Å²) in [7, 11) is 1.84. The van der Waals surface area contributed by atoms with Crippen molar-refractivity contribution in [2.75, 3.05) is 20.2 Å². The molecular formula is C26H29N5O3. The van der Waals surface area contributed by atoms with E-state index in [0.29, 0.717) is 30.1 Å². The van der Waals surface area contributed by atoms with Gasteiger partial charge < -0.3 is 20.1 Å². The number of pyridine rings is 3. The molecule has 1 amide bonds. The number of nitrogens with zero attached hydrogens (tertiary/aromatic N) is 4. The molecule has 4 rings (SSSR count). The van der Waals surface area contributed by atoms with E-state index in [2.05, 4.69) is 20.3 Å². The number of ether oxygens (including phenoxy) is 1. The zero-order valence-corrected chi connectivity index (χ0v) is 19.7. The molecule has 0 bridgehead atoms. The Morgan fingerprint density at radius 1 is 1.21 bits per heavy atom. The van der Waals surface area contributed by atoms with Crippen LogP contribution in [0.25, 0.3) is 0 Å². The monoisotopic (exact) mass is 459 g/mol. The smallest absolute Gasteiger partial charge is 0.255 e. The van der Waals surface area contributed by atoms with Crippen LogP contribution in [0.1, 0.15) is 45.7 Å².